The summed E-state index contributed by atoms with van der Waals surface area (Å²) < 4.78 is 5.74. The number of esters is 1. The van der Waals surface area contributed by atoms with Crippen molar-refractivity contribution in [2.24, 2.45) is 0 Å². The van der Waals surface area contributed by atoms with Gasteiger partial charge < -0.3 is 4.74 Å². The van der Waals surface area contributed by atoms with Crippen LogP contribution in [0.1, 0.15) is 21.6 Å². The molecule has 1 aliphatic rings. The average Bonchev–Trinajstić information content (AvgIpc) is 2.66. The van der Waals surface area contributed by atoms with Gasteiger partial charge in [-0.2, -0.15) is 0 Å². The zero-order chi connectivity index (χ0) is 13.3. The number of amidine groups is 1. The van der Waals surface area contributed by atoms with Gasteiger partial charge in [0.05, 0.1) is 12.8 Å². The number of nitrogens with zero attached hydrogens (tertiary/aromatic N) is 2. The minimum absolute atomic E-state index is 0.177. The number of thioether (sulfide) groups is 1. The third-order valence-corrected chi connectivity index (χ3v) is 5.06. The molecule has 1 aromatic heterocycles. The molecule has 2 rings (SSSR count). The summed E-state index contributed by atoms with van der Waals surface area (Å²) >= 11 is 10.8. The SMILES string of the molecule is COC(=O)c1cccc(C2SC(Br)C(=N)N2Cl)n1. The summed E-state index contributed by atoms with van der Waals surface area (Å²) in [6, 6.07) is 5.05. The first kappa shape index (κ1) is 13.6. The second-order valence-corrected chi connectivity index (χ2v) is 6.52. The van der Waals surface area contributed by atoms with Crippen molar-refractivity contribution in [3.63, 3.8) is 0 Å². The van der Waals surface area contributed by atoms with Gasteiger partial charge >= 0.3 is 5.97 Å². The zero-order valence-corrected chi connectivity index (χ0v) is 12.4. The largest absolute Gasteiger partial charge is 0.464 e. The summed E-state index contributed by atoms with van der Waals surface area (Å²) in [7, 11) is 1.30. The number of rotatable bonds is 2. The number of hydrogen-bond acceptors (Lipinski definition) is 5. The third kappa shape index (κ3) is 2.48. The smallest absolute Gasteiger partial charge is 0.356 e. The molecule has 18 heavy (non-hydrogen) atoms. The number of carbonyl (C=O) groups excluding carboxylic acids is 1. The maximum atomic E-state index is 11.4. The Hall–Kier alpha value is -0.790. The van der Waals surface area contributed by atoms with Gasteiger partial charge in [-0.05, 0) is 12.1 Å². The molecule has 1 aliphatic heterocycles. The van der Waals surface area contributed by atoms with Gasteiger partial charge in [0.25, 0.3) is 0 Å². The maximum Gasteiger partial charge on any atom is 0.356 e. The molecule has 5 nitrogen and oxygen atoms in total. The van der Waals surface area contributed by atoms with Crippen LogP contribution >= 0.6 is 39.5 Å². The van der Waals surface area contributed by atoms with Crippen LogP contribution in [0.2, 0.25) is 0 Å². The Labute approximate surface area is 122 Å². The number of halogens is 2. The Kier molecular flexibility index (Phi) is 4.14. The number of aromatic nitrogens is 1. The van der Waals surface area contributed by atoms with E-state index >= 15 is 0 Å². The molecule has 2 unspecified atom stereocenters. The van der Waals surface area contributed by atoms with E-state index < -0.39 is 5.97 Å². The van der Waals surface area contributed by atoms with E-state index in [-0.39, 0.29) is 21.1 Å². The van der Waals surface area contributed by atoms with Crippen LogP contribution in [0.4, 0.5) is 0 Å². The van der Waals surface area contributed by atoms with E-state index in [9.17, 15) is 4.79 Å². The topological polar surface area (TPSA) is 66.3 Å². The average molecular weight is 351 g/mol. The van der Waals surface area contributed by atoms with Gasteiger partial charge in [-0.25, -0.2) is 9.78 Å². The lowest BCUT2D eigenvalue weighted by atomic mass is 10.3. The lowest BCUT2D eigenvalue weighted by Crippen LogP contribution is -2.20. The van der Waals surface area contributed by atoms with E-state index in [4.69, 9.17) is 17.2 Å². The molecular formula is C10H9BrClN3O2S. The molecule has 0 radical (unpaired) electrons. The fourth-order valence-electron chi connectivity index (χ4n) is 1.45. The van der Waals surface area contributed by atoms with Crippen molar-refractivity contribution in [1.82, 2.24) is 9.40 Å². The molecule has 0 saturated carbocycles. The van der Waals surface area contributed by atoms with E-state index in [2.05, 4.69) is 25.7 Å². The van der Waals surface area contributed by atoms with E-state index in [0.717, 1.165) is 0 Å². The van der Waals surface area contributed by atoms with Crippen LogP contribution in [0.25, 0.3) is 0 Å². The van der Waals surface area contributed by atoms with E-state index in [1.807, 2.05) is 0 Å². The lowest BCUT2D eigenvalue weighted by molar-refractivity contribution is 0.0593. The summed E-state index contributed by atoms with van der Waals surface area (Å²) in [4.78, 5) is 15.6. The van der Waals surface area contributed by atoms with Crippen molar-refractivity contribution < 1.29 is 9.53 Å². The highest BCUT2D eigenvalue weighted by atomic mass is 79.9. The van der Waals surface area contributed by atoms with Crippen LogP contribution in [0.15, 0.2) is 18.2 Å². The van der Waals surface area contributed by atoms with E-state index in [0.29, 0.717) is 5.69 Å². The monoisotopic (exact) mass is 349 g/mol. The molecule has 2 atom stereocenters. The molecule has 0 aromatic carbocycles. The molecule has 1 saturated heterocycles. The second kappa shape index (κ2) is 5.46. The van der Waals surface area contributed by atoms with E-state index in [1.165, 1.54) is 23.3 Å². The molecule has 8 heteroatoms. The van der Waals surface area contributed by atoms with Crippen molar-refractivity contribution in [2.75, 3.05) is 7.11 Å². The molecule has 1 aromatic rings. The van der Waals surface area contributed by atoms with Gasteiger partial charge in [0.2, 0.25) is 0 Å². The van der Waals surface area contributed by atoms with Gasteiger partial charge in [-0.3, -0.25) is 9.83 Å². The first-order valence-corrected chi connectivity index (χ1v) is 7.12. The molecule has 0 spiro atoms. The van der Waals surface area contributed by atoms with Gasteiger partial charge in [0.1, 0.15) is 21.1 Å². The Morgan fingerprint density at radius 3 is 2.94 bits per heavy atom. The van der Waals surface area contributed by atoms with Crippen LogP contribution < -0.4 is 0 Å². The second-order valence-electron chi connectivity index (χ2n) is 3.44. The normalized spacial score (nSPS) is 23.3. The fraction of sp³-hybridized carbons (Fsp3) is 0.300. The predicted molar refractivity (Wildman–Crippen MR) is 74.0 cm³/mol. The molecule has 96 valence electrons. The number of hydrogen-bond donors (Lipinski definition) is 1. The first-order chi connectivity index (χ1) is 8.54. The molecule has 0 amide bonds. The predicted octanol–water partition coefficient (Wildman–Crippen LogP) is 2.77. The number of ether oxygens (including phenoxy) is 1. The van der Waals surface area contributed by atoms with Gasteiger partial charge in [0.15, 0.2) is 0 Å². The minimum atomic E-state index is -0.494. The Morgan fingerprint density at radius 2 is 2.39 bits per heavy atom. The summed E-state index contributed by atoms with van der Waals surface area (Å²) in [5.74, 6) is -0.233. The van der Waals surface area contributed by atoms with Gasteiger partial charge in [-0.15, -0.1) is 11.8 Å². The lowest BCUT2D eigenvalue weighted by Gasteiger charge is -2.16. The molecular weight excluding hydrogens is 342 g/mol. The van der Waals surface area contributed by atoms with Crippen LogP contribution in [0.3, 0.4) is 0 Å². The Bertz CT molecular complexity index is 502. The minimum Gasteiger partial charge on any atom is -0.464 e. The number of pyridine rings is 1. The van der Waals surface area contributed by atoms with Crippen LogP contribution in [-0.2, 0) is 4.74 Å². The third-order valence-electron chi connectivity index (χ3n) is 2.32. The molecule has 0 aliphatic carbocycles. The summed E-state index contributed by atoms with van der Waals surface area (Å²) in [6.07, 6.45) is 0. The van der Waals surface area contributed by atoms with Crippen molar-refractivity contribution in [2.45, 2.75) is 9.53 Å². The number of nitrogens with one attached hydrogen (secondary N) is 1. The number of carbonyl (C=O) groups is 1. The number of methoxy groups -OCH3 is 1. The highest BCUT2D eigenvalue weighted by Crippen LogP contribution is 2.45. The van der Waals surface area contributed by atoms with Crippen molar-refractivity contribution in [1.29, 1.82) is 5.41 Å². The first-order valence-electron chi connectivity index (χ1n) is 4.93. The van der Waals surface area contributed by atoms with Crippen LogP contribution in [0.5, 0.6) is 0 Å². The quantitative estimate of drug-likeness (QED) is 0.505. The highest BCUT2D eigenvalue weighted by molar-refractivity contribution is 9.11. The van der Waals surface area contributed by atoms with Crippen molar-refractivity contribution >= 4 is 51.3 Å². The molecule has 1 N–H and O–H groups in total. The molecule has 0 bridgehead atoms. The summed E-state index contributed by atoms with van der Waals surface area (Å²) in [5, 5.41) is 7.42. The molecule has 1 fully saturated rings. The van der Waals surface area contributed by atoms with Crippen molar-refractivity contribution in [3.8, 4) is 0 Å². The number of alkyl halides is 1. The summed E-state index contributed by atoms with van der Waals surface area (Å²) in [5.41, 5.74) is 0.842. The van der Waals surface area contributed by atoms with Gasteiger partial charge in [0, 0.05) is 11.8 Å². The molecule has 2 heterocycles. The Balaban J connectivity index is 2.29. The van der Waals surface area contributed by atoms with E-state index in [1.54, 1.807) is 18.2 Å². The van der Waals surface area contributed by atoms with Crippen LogP contribution in [0, 0.1) is 5.41 Å². The summed E-state index contributed by atoms with van der Waals surface area (Å²) in [6.45, 7) is 0. The van der Waals surface area contributed by atoms with Gasteiger partial charge in [-0.1, -0.05) is 22.0 Å². The highest BCUT2D eigenvalue weighted by Gasteiger charge is 2.37. The standard InChI is InChI=1S/C10H9BrClN3O2S/c1-17-10(16)6-4-2-3-5(14-6)9-15(12)8(13)7(11)18-9/h2-4,7,9,13H,1H3. The fourth-order valence-corrected chi connectivity index (χ4v) is 3.75. The Morgan fingerprint density at radius 1 is 1.67 bits per heavy atom. The van der Waals surface area contributed by atoms with Crippen molar-refractivity contribution in [3.05, 3.63) is 29.6 Å². The zero-order valence-electron chi connectivity index (χ0n) is 9.26. The maximum absolute atomic E-state index is 11.4. The van der Waals surface area contributed by atoms with Crippen LogP contribution in [-0.4, -0.2) is 32.5 Å².